The Morgan fingerprint density at radius 1 is 0.756 bits per heavy atom. The van der Waals surface area contributed by atoms with E-state index in [1.807, 2.05) is 11.8 Å². The van der Waals surface area contributed by atoms with Crippen LogP contribution in [0.4, 0.5) is 0 Å². The van der Waals surface area contributed by atoms with Gasteiger partial charge in [0.05, 0.1) is 16.9 Å². The molecule has 5 aromatic rings. The van der Waals surface area contributed by atoms with Gasteiger partial charge in [0.15, 0.2) is 0 Å². The van der Waals surface area contributed by atoms with Gasteiger partial charge in [-0.15, -0.1) is 0 Å². The first kappa shape index (κ1) is 24.5. The average molecular weight is 547 g/mol. The molecule has 3 heterocycles. The lowest BCUT2D eigenvalue weighted by molar-refractivity contribution is 0.799. The average Bonchev–Trinajstić information content (AvgIpc) is 3.28. The van der Waals surface area contributed by atoms with Crippen molar-refractivity contribution in [1.29, 1.82) is 0 Å². The summed E-state index contributed by atoms with van der Waals surface area (Å²) < 4.78 is 2.49. The van der Waals surface area contributed by atoms with E-state index in [9.17, 15) is 0 Å². The highest BCUT2D eigenvalue weighted by atomic mass is 32.2. The van der Waals surface area contributed by atoms with Crippen molar-refractivity contribution in [2.75, 3.05) is 0 Å². The van der Waals surface area contributed by atoms with Crippen molar-refractivity contribution in [3.63, 3.8) is 0 Å². The standard InChI is InChI=1S/C38H30N2S/c1-25-21-22-34(39-24-25)32-19-10-18-31-29-15-5-6-16-30(29)36-38(41-37(31)32)33-17-7-8-20-35(33)40(36)28-14-9-13-27(23-28)26-11-3-2-4-12-26/h2-11,13-20,22-26H,12,21H2,1H3/t25-,26?/m0/s1. The Kier molecular flexibility index (Phi) is 5.93. The molecule has 0 saturated carbocycles. The molecule has 0 spiro atoms. The molecule has 198 valence electrons. The van der Waals surface area contributed by atoms with Gasteiger partial charge in [-0.25, -0.2) is 0 Å². The number of rotatable bonds is 3. The van der Waals surface area contributed by atoms with Crippen LogP contribution in [0.2, 0.25) is 0 Å². The third-order valence-electron chi connectivity index (χ3n) is 8.48. The maximum Gasteiger partial charge on any atom is 0.0686 e. The third-order valence-corrected chi connectivity index (χ3v) is 9.75. The number of hydrogen-bond acceptors (Lipinski definition) is 2. The van der Waals surface area contributed by atoms with Gasteiger partial charge in [0.25, 0.3) is 0 Å². The van der Waals surface area contributed by atoms with Gasteiger partial charge in [-0.1, -0.05) is 122 Å². The highest BCUT2D eigenvalue weighted by Crippen LogP contribution is 2.54. The summed E-state index contributed by atoms with van der Waals surface area (Å²) in [7, 11) is 0. The molecule has 8 rings (SSSR count). The molecule has 0 N–H and O–H groups in total. The second kappa shape index (κ2) is 9.94. The van der Waals surface area contributed by atoms with Crippen LogP contribution in [0.5, 0.6) is 0 Å². The topological polar surface area (TPSA) is 17.3 Å². The van der Waals surface area contributed by atoms with Gasteiger partial charge in [0, 0.05) is 44.1 Å². The van der Waals surface area contributed by atoms with E-state index in [4.69, 9.17) is 4.99 Å². The zero-order chi connectivity index (χ0) is 27.3. The summed E-state index contributed by atoms with van der Waals surface area (Å²) in [5.41, 5.74) is 11.2. The lowest BCUT2D eigenvalue weighted by Crippen LogP contribution is -2.01. The van der Waals surface area contributed by atoms with E-state index in [-0.39, 0.29) is 0 Å². The summed E-state index contributed by atoms with van der Waals surface area (Å²) in [5, 5.41) is 1.28. The van der Waals surface area contributed by atoms with Crippen molar-refractivity contribution >= 4 is 34.6 Å². The van der Waals surface area contributed by atoms with Crippen molar-refractivity contribution in [3.8, 4) is 28.1 Å². The van der Waals surface area contributed by atoms with Crippen LogP contribution >= 0.6 is 11.8 Å². The number of aliphatic imine (C=N–C) groups is 1. The quantitative estimate of drug-likeness (QED) is 0.216. The number of aromatic nitrogens is 1. The van der Waals surface area contributed by atoms with E-state index in [1.165, 1.54) is 59.9 Å². The largest absolute Gasteiger partial charge is 0.308 e. The van der Waals surface area contributed by atoms with Crippen LogP contribution in [0.1, 0.15) is 36.8 Å². The second-order valence-corrected chi connectivity index (χ2v) is 12.2. The monoisotopic (exact) mass is 546 g/mol. The van der Waals surface area contributed by atoms with E-state index in [0.29, 0.717) is 11.8 Å². The summed E-state index contributed by atoms with van der Waals surface area (Å²) in [6.45, 7) is 2.23. The highest BCUT2D eigenvalue weighted by Gasteiger charge is 2.29. The lowest BCUT2D eigenvalue weighted by atomic mass is 9.92. The van der Waals surface area contributed by atoms with Crippen LogP contribution in [0, 0.1) is 5.92 Å². The summed E-state index contributed by atoms with van der Waals surface area (Å²) in [6.07, 6.45) is 15.4. The molecular weight excluding hydrogens is 516 g/mol. The van der Waals surface area contributed by atoms with E-state index >= 15 is 0 Å². The van der Waals surface area contributed by atoms with Crippen LogP contribution < -0.4 is 0 Å². The van der Waals surface area contributed by atoms with Crippen molar-refractivity contribution < 1.29 is 0 Å². The van der Waals surface area contributed by atoms with Crippen LogP contribution in [0.15, 0.2) is 136 Å². The van der Waals surface area contributed by atoms with Crippen LogP contribution in [0.3, 0.4) is 0 Å². The smallest absolute Gasteiger partial charge is 0.0686 e. The lowest BCUT2D eigenvalue weighted by Gasteiger charge is -2.18. The maximum atomic E-state index is 4.91. The molecule has 41 heavy (non-hydrogen) atoms. The number of hydrogen-bond donors (Lipinski definition) is 0. The minimum Gasteiger partial charge on any atom is -0.308 e. The van der Waals surface area contributed by atoms with Gasteiger partial charge in [-0.05, 0) is 53.6 Å². The first-order valence-electron chi connectivity index (χ1n) is 14.5. The number of nitrogens with zero attached hydrogens (tertiary/aromatic N) is 2. The van der Waals surface area contributed by atoms with E-state index < -0.39 is 0 Å². The fourth-order valence-electron chi connectivity index (χ4n) is 6.43. The molecular formula is C38H30N2S. The molecule has 1 aromatic heterocycles. The van der Waals surface area contributed by atoms with Gasteiger partial charge in [-0.3, -0.25) is 4.99 Å². The Bertz CT molecular complexity index is 1950. The summed E-state index contributed by atoms with van der Waals surface area (Å²) in [5.74, 6) is 0.885. The molecule has 3 aliphatic rings. The molecule has 1 aliphatic carbocycles. The molecule has 0 saturated heterocycles. The summed E-state index contributed by atoms with van der Waals surface area (Å²) in [4.78, 5) is 7.50. The molecule has 3 heteroatoms. The predicted molar refractivity (Wildman–Crippen MR) is 174 cm³/mol. The molecule has 2 atom stereocenters. The normalized spacial score (nSPS) is 18.9. The predicted octanol–water partition coefficient (Wildman–Crippen LogP) is 10.5. The van der Waals surface area contributed by atoms with Gasteiger partial charge in [0.1, 0.15) is 0 Å². The van der Waals surface area contributed by atoms with Crippen molar-refractivity contribution in [2.24, 2.45) is 10.9 Å². The molecule has 1 unspecified atom stereocenters. The van der Waals surface area contributed by atoms with Crippen molar-refractivity contribution in [3.05, 3.63) is 133 Å². The second-order valence-electron chi connectivity index (χ2n) is 11.2. The molecule has 4 aromatic carbocycles. The molecule has 0 fully saturated rings. The van der Waals surface area contributed by atoms with Gasteiger partial charge in [0.2, 0.25) is 0 Å². The number of para-hydroxylation sites is 1. The van der Waals surface area contributed by atoms with Gasteiger partial charge in [-0.2, -0.15) is 0 Å². The minimum absolute atomic E-state index is 0.404. The van der Waals surface area contributed by atoms with Crippen LogP contribution in [0.25, 0.3) is 44.7 Å². The van der Waals surface area contributed by atoms with Crippen molar-refractivity contribution in [2.45, 2.75) is 35.5 Å². The Morgan fingerprint density at radius 2 is 1.56 bits per heavy atom. The summed E-state index contributed by atoms with van der Waals surface area (Å²) >= 11 is 1.90. The Labute approximate surface area is 245 Å². The van der Waals surface area contributed by atoms with Gasteiger partial charge >= 0.3 is 0 Å². The van der Waals surface area contributed by atoms with Crippen molar-refractivity contribution in [1.82, 2.24) is 4.57 Å². The Morgan fingerprint density at radius 3 is 2.41 bits per heavy atom. The van der Waals surface area contributed by atoms with Crippen LogP contribution in [-0.4, -0.2) is 10.8 Å². The SMILES string of the molecule is C[C@@H]1C=NC(c2cccc3c2Sc2c(n(-c4cccc(C5C=CC=CC5)c4)c4ccccc24)-c2ccccc2-3)=CC1. The zero-order valence-corrected chi connectivity index (χ0v) is 23.8. The molecule has 0 amide bonds. The maximum absolute atomic E-state index is 4.91. The van der Waals surface area contributed by atoms with E-state index in [1.54, 1.807) is 0 Å². The molecule has 2 aliphatic heterocycles. The molecule has 0 bridgehead atoms. The van der Waals surface area contributed by atoms with Crippen LogP contribution in [-0.2, 0) is 0 Å². The first-order chi connectivity index (χ1) is 20.3. The van der Waals surface area contributed by atoms with E-state index in [2.05, 4.69) is 139 Å². The zero-order valence-electron chi connectivity index (χ0n) is 23.0. The number of allylic oxidation sites excluding steroid dienone is 5. The van der Waals surface area contributed by atoms with E-state index in [0.717, 1.165) is 18.5 Å². The number of benzene rings is 4. The third kappa shape index (κ3) is 4.07. The molecule has 0 radical (unpaired) electrons. The highest BCUT2D eigenvalue weighted by molar-refractivity contribution is 8.00. The molecule has 2 nitrogen and oxygen atoms in total. The first-order valence-corrected chi connectivity index (χ1v) is 15.3. The fraction of sp³-hybridized carbons (Fsp3) is 0.132. The Hall–Kier alpha value is -4.34. The van der Waals surface area contributed by atoms with Gasteiger partial charge < -0.3 is 4.57 Å². The fourth-order valence-corrected chi connectivity index (χ4v) is 7.79. The summed E-state index contributed by atoms with van der Waals surface area (Å²) in [6, 6.07) is 33.7. The number of fused-ring (bicyclic) bond motifs is 7. The Balaban J connectivity index is 1.40. The minimum atomic E-state index is 0.404.